The molecular weight excluding hydrogens is 262 g/mol. The molecule has 84 valence electrons. The van der Waals surface area contributed by atoms with Crippen molar-refractivity contribution in [2.24, 2.45) is 0 Å². The molecule has 0 heterocycles. The molecule has 1 unspecified atom stereocenters. The van der Waals surface area contributed by atoms with Crippen molar-refractivity contribution in [1.82, 2.24) is 5.32 Å². The summed E-state index contributed by atoms with van der Waals surface area (Å²) in [4.78, 5) is 11.5. The number of nitrogens with one attached hydrogen (secondary N) is 1. The third-order valence-electron chi connectivity index (χ3n) is 1.82. The molecule has 2 nitrogen and oxygen atoms in total. The molecule has 0 spiro atoms. The number of halogens is 1. The molecule has 0 aliphatic carbocycles. The second-order valence-corrected chi connectivity index (χ2v) is 7.21. The second-order valence-electron chi connectivity index (χ2n) is 3.83. The molecule has 0 radical (unpaired) electrons. The molecule has 0 saturated heterocycles. The number of alkyl halides is 1. The Balaban J connectivity index is 3.72. The van der Waals surface area contributed by atoms with Crippen LogP contribution in [0.4, 0.5) is 0 Å². The SMILES string of the molecule is CCSCCC(C)NC(=O)C(C)(C)Br. The van der Waals surface area contributed by atoms with Gasteiger partial charge in [-0.3, -0.25) is 4.79 Å². The van der Waals surface area contributed by atoms with Crippen LogP contribution in [0.25, 0.3) is 0 Å². The highest BCUT2D eigenvalue weighted by atomic mass is 79.9. The molecule has 0 bridgehead atoms. The average Bonchev–Trinajstić information content (AvgIpc) is 2.03. The van der Waals surface area contributed by atoms with Crippen molar-refractivity contribution in [3.05, 3.63) is 0 Å². The van der Waals surface area contributed by atoms with Crippen LogP contribution < -0.4 is 5.32 Å². The number of carbonyl (C=O) groups is 1. The minimum Gasteiger partial charge on any atom is -0.352 e. The number of thioether (sulfide) groups is 1. The van der Waals surface area contributed by atoms with E-state index in [1.54, 1.807) is 0 Å². The van der Waals surface area contributed by atoms with Crippen molar-refractivity contribution < 1.29 is 4.79 Å². The first kappa shape index (κ1) is 14.3. The van der Waals surface area contributed by atoms with E-state index in [2.05, 4.69) is 28.2 Å². The van der Waals surface area contributed by atoms with E-state index in [-0.39, 0.29) is 11.9 Å². The standard InChI is InChI=1S/C10H20BrNOS/c1-5-14-7-6-8(2)12-9(13)10(3,4)11/h8H,5-7H2,1-4H3,(H,12,13). The first-order valence-electron chi connectivity index (χ1n) is 4.95. The smallest absolute Gasteiger partial charge is 0.236 e. The van der Waals surface area contributed by atoms with Gasteiger partial charge in [0.15, 0.2) is 0 Å². The van der Waals surface area contributed by atoms with Gasteiger partial charge in [0.2, 0.25) is 5.91 Å². The molecule has 0 aromatic heterocycles. The predicted octanol–water partition coefficient (Wildman–Crippen LogP) is 2.81. The van der Waals surface area contributed by atoms with Gasteiger partial charge in [0.1, 0.15) is 0 Å². The summed E-state index contributed by atoms with van der Waals surface area (Å²) in [5.41, 5.74) is 0. The lowest BCUT2D eigenvalue weighted by Crippen LogP contribution is -2.42. The van der Waals surface area contributed by atoms with Crippen molar-refractivity contribution in [3.8, 4) is 0 Å². The van der Waals surface area contributed by atoms with Gasteiger partial charge in [-0.2, -0.15) is 11.8 Å². The predicted molar refractivity (Wildman–Crippen MR) is 68.2 cm³/mol. The van der Waals surface area contributed by atoms with Gasteiger partial charge in [-0.1, -0.05) is 22.9 Å². The lowest BCUT2D eigenvalue weighted by Gasteiger charge is -2.20. The number of amides is 1. The molecule has 0 aromatic carbocycles. The van der Waals surface area contributed by atoms with Gasteiger partial charge >= 0.3 is 0 Å². The van der Waals surface area contributed by atoms with Crippen LogP contribution in [0.5, 0.6) is 0 Å². The summed E-state index contributed by atoms with van der Waals surface area (Å²) in [7, 11) is 0. The number of rotatable bonds is 6. The van der Waals surface area contributed by atoms with Gasteiger partial charge in [0, 0.05) is 6.04 Å². The fraction of sp³-hybridized carbons (Fsp3) is 0.900. The Labute approximate surface area is 99.7 Å². The van der Waals surface area contributed by atoms with E-state index in [4.69, 9.17) is 0 Å². The highest BCUT2D eigenvalue weighted by Gasteiger charge is 2.24. The Morgan fingerprint density at radius 2 is 2.14 bits per heavy atom. The third-order valence-corrected chi connectivity index (χ3v) is 3.11. The summed E-state index contributed by atoms with van der Waals surface area (Å²) in [5, 5.41) is 2.98. The minimum absolute atomic E-state index is 0.0616. The summed E-state index contributed by atoms with van der Waals surface area (Å²) in [6.45, 7) is 7.91. The Kier molecular flexibility index (Phi) is 6.87. The van der Waals surface area contributed by atoms with E-state index in [9.17, 15) is 4.79 Å². The van der Waals surface area contributed by atoms with E-state index in [0.717, 1.165) is 17.9 Å². The van der Waals surface area contributed by atoms with E-state index >= 15 is 0 Å². The maximum absolute atomic E-state index is 11.5. The van der Waals surface area contributed by atoms with Crippen molar-refractivity contribution in [3.63, 3.8) is 0 Å². The van der Waals surface area contributed by atoms with Crippen LogP contribution in [0.1, 0.15) is 34.1 Å². The van der Waals surface area contributed by atoms with Crippen molar-refractivity contribution in [1.29, 1.82) is 0 Å². The number of hydrogen-bond acceptors (Lipinski definition) is 2. The molecule has 0 aliphatic heterocycles. The molecular formula is C10H20BrNOS. The largest absolute Gasteiger partial charge is 0.352 e. The Bertz CT molecular complexity index is 179. The highest BCUT2D eigenvalue weighted by molar-refractivity contribution is 9.10. The normalized spacial score (nSPS) is 13.8. The van der Waals surface area contributed by atoms with E-state index < -0.39 is 4.32 Å². The first-order chi connectivity index (χ1) is 6.38. The lowest BCUT2D eigenvalue weighted by atomic mass is 10.2. The highest BCUT2D eigenvalue weighted by Crippen LogP contribution is 2.16. The molecule has 0 aliphatic rings. The van der Waals surface area contributed by atoms with Crippen molar-refractivity contribution in [2.75, 3.05) is 11.5 Å². The van der Waals surface area contributed by atoms with Gasteiger partial charge < -0.3 is 5.32 Å². The zero-order valence-electron chi connectivity index (χ0n) is 9.39. The second kappa shape index (κ2) is 6.72. The third kappa shape index (κ3) is 6.71. The monoisotopic (exact) mass is 281 g/mol. The molecule has 1 amide bonds. The Morgan fingerprint density at radius 1 is 1.57 bits per heavy atom. The summed E-state index contributed by atoms with van der Waals surface area (Å²) in [5.74, 6) is 2.32. The zero-order valence-corrected chi connectivity index (χ0v) is 11.8. The maximum atomic E-state index is 11.5. The number of hydrogen-bond donors (Lipinski definition) is 1. The van der Waals surface area contributed by atoms with Crippen LogP contribution in [0.2, 0.25) is 0 Å². The zero-order chi connectivity index (χ0) is 11.2. The molecule has 14 heavy (non-hydrogen) atoms. The van der Waals surface area contributed by atoms with Gasteiger partial charge in [-0.05, 0) is 38.7 Å². The fourth-order valence-corrected chi connectivity index (χ4v) is 1.80. The Morgan fingerprint density at radius 3 is 2.57 bits per heavy atom. The molecule has 4 heteroatoms. The van der Waals surface area contributed by atoms with Gasteiger partial charge in [0.05, 0.1) is 4.32 Å². The lowest BCUT2D eigenvalue weighted by molar-refractivity contribution is -0.123. The molecule has 1 atom stereocenters. The van der Waals surface area contributed by atoms with Crippen LogP contribution in [0.3, 0.4) is 0 Å². The van der Waals surface area contributed by atoms with Crippen LogP contribution in [-0.4, -0.2) is 27.8 Å². The minimum atomic E-state index is -0.459. The van der Waals surface area contributed by atoms with E-state index in [1.807, 2.05) is 32.5 Å². The van der Waals surface area contributed by atoms with Crippen LogP contribution >= 0.6 is 27.7 Å². The average molecular weight is 282 g/mol. The Hall–Kier alpha value is 0.300. The topological polar surface area (TPSA) is 29.1 Å². The summed E-state index contributed by atoms with van der Waals surface area (Å²) >= 11 is 5.25. The molecule has 0 fully saturated rings. The van der Waals surface area contributed by atoms with Crippen LogP contribution in [0.15, 0.2) is 0 Å². The van der Waals surface area contributed by atoms with E-state index in [0.29, 0.717) is 0 Å². The quantitative estimate of drug-likeness (QED) is 0.599. The van der Waals surface area contributed by atoms with Gasteiger partial charge in [-0.15, -0.1) is 0 Å². The van der Waals surface area contributed by atoms with Crippen LogP contribution in [-0.2, 0) is 4.79 Å². The maximum Gasteiger partial charge on any atom is 0.236 e. The molecule has 0 saturated carbocycles. The van der Waals surface area contributed by atoms with Crippen LogP contribution in [0, 0.1) is 0 Å². The summed E-state index contributed by atoms with van der Waals surface area (Å²) in [6, 6.07) is 0.262. The van der Waals surface area contributed by atoms with Gasteiger partial charge in [-0.25, -0.2) is 0 Å². The van der Waals surface area contributed by atoms with Crippen molar-refractivity contribution in [2.45, 2.75) is 44.5 Å². The number of carbonyl (C=O) groups excluding carboxylic acids is 1. The summed E-state index contributed by atoms with van der Waals surface area (Å²) < 4.78 is -0.459. The summed E-state index contributed by atoms with van der Waals surface area (Å²) in [6.07, 6.45) is 1.04. The molecule has 1 N–H and O–H groups in total. The molecule has 0 rings (SSSR count). The van der Waals surface area contributed by atoms with E-state index in [1.165, 1.54) is 0 Å². The fourth-order valence-electron chi connectivity index (χ4n) is 0.872. The molecule has 0 aromatic rings. The van der Waals surface area contributed by atoms with Gasteiger partial charge in [0.25, 0.3) is 0 Å². The first-order valence-corrected chi connectivity index (χ1v) is 6.90. The van der Waals surface area contributed by atoms with Crippen molar-refractivity contribution >= 4 is 33.6 Å².